The number of anilines is 1. The Morgan fingerprint density at radius 2 is 2.08 bits per heavy atom. The molecule has 14 nitrogen and oxygen atoms in total. The molecule has 1 amide bonds. The highest BCUT2D eigenvalue weighted by Crippen LogP contribution is 2.24. The SMILES string of the molecule is CN(Cc1c(C(=O)NN=Cc2ccccc2OCC(=O)O)nnn1-c1nonc1N)C1CCCCC1. The number of rotatable bonds is 10. The number of nitrogens with zero attached hydrogens (tertiary/aromatic N) is 7. The van der Waals surface area contributed by atoms with Crippen molar-refractivity contribution in [3.8, 4) is 11.6 Å². The molecule has 0 atom stereocenters. The first-order valence-corrected chi connectivity index (χ1v) is 11.4. The zero-order valence-corrected chi connectivity index (χ0v) is 19.7. The summed E-state index contributed by atoms with van der Waals surface area (Å²) in [6.45, 7) is -0.138. The molecular weight excluding hydrogens is 470 g/mol. The quantitative estimate of drug-likeness (QED) is 0.270. The van der Waals surface area contributed by atoms with E-state index >= 15 is 0 Å². The van der Waals surface area contributed by atoms with Crippen LogP contribution in [0.15, 0.2) is 34.0 Å². The van der Waals surface area contributed by atoms with Crippen molar-refractivity contribution in [2.24, 2.45) is 5.10 Å². The zero-order valence-electron chi connectivity index (χ0n) is 19.7. The van der Waals surface area contributed by atoms with E-state index in [1.807, 2.05) is 7.05 Å². The molecule has 190 valence electrons. The normalized spacial score (nSPS) is 14.4. The Morgan fingerprint density at radius 1 is 1.31 bits per heavy atom. The Labute approximate surface area is 206 Å². The van der Waals surface area contributed by atoms with Crippen LogP contribution in [0, 0.1) is 0 Å². The molecule has 0 bridgehead atoms. The molecular formula is C22H27N9O5. The van der Waals surface area contributed by atoms with Crippen LogP contribution in [-0.4, -0.2) is 73.1 Å². The number of nitrogens with two attached hydrogens (primary N) is 1. The third-order valence-corrected chi connectivity index (χ3v) is 5.91. The van der Waals surface area contributed by atoms with E-state index in [0.717, 1.165) is 25.7 Å². The molecule has 1 fully saturated rings. The molecule has 0 unspecified atom stereocenters. The van der Waals surface area contributed by atoms with Crippen LogP contribution >= 0.6 is 0 Å². The molecule has 1 saturated carbocycles. The number of benzene rings is 1. The third-order valence-electron chi connectivity index (χ3n) is 5.91. The second-order valence-corrected chi connectivity index (χ2v) is 8.40. The largest absolute Gasteiger partial charge is 0.481 e. The number of carbonyl (C=O) groups excluding carboxylic acids is 1. The molecule has 2 heterocycles. The number of hydrogen-bond donors (Lipinski definition) is 3. The van der Waals surface area contributed by atoms with Crippen molar-refractivity contribution in [2.75, 3.05) is 19.4 Å². The first-order valence-electron chi connectivity index (χ1n) is 11.4. The van der Waals surface area contributed by atoms with Gasteiger partial charge in [-0.3, -0.25) is 9.69 Å². The van der Waals surface area contributed by atoms with Gasteiger partial charge in [-0.15, -0.1) is 5.10 Å². The number of carboxylic acid groups (broad SMARTS) is 1. The lowest BCUT2D eigenvalue weighted by Gasteiger charge is -2.31. The van der Waals surface area contributed by atoms with E-state index in [-0.39, 0.29) is 17.3 Å². The molecule has 36 heavy (non-hydrogen) atoms. The van der Waals surface area contributed by atoms with Gasteiger partial charge in [0.2, 0.25) is 11.6 Å². The van der Waals surface area contributed by atoms with Crippen LogP contribution in [-0.2, 0) is 11.3 Å². The van der Waals surface area contributed by atoms with Gasteiger partial charge in [-0.1, -0.05) is 36.6 Å². The van der Waals surface area contributed by atoms with E-state index in [0.29, 0.717) is 29.6 Å². The standard InChI is InChI=1S/C22H27N9O5/c1-30(15-8-3-2-4-9-15)12-16-19(25-29-31(16)21-20(23)27-36-28-21)22(34)26-24-11-14-7-5-6-10-17(14)35-13-18(32)33/h5-7,10-11,15H,2-4,8-9,12-13H2,1H3,(H2,23,27)(H,26,34)(H,32,33). The summed E-state index contributed by atoms with van der Waals surface area (Å²) in [7, 11) is 1.99. The summed E-state index contributed by atoms with van der Waals surface area (Å²) in [4.78, 5) is 26.0. The van der Waals surface area contributed by atoms with Crippen molar-refractivity contribution in [2.45, 2.75) is 44.7 Å². The van der Waals surface area contributed by atoms with Crippen molar-refractivity contribution >= 4 is 23.9 Å². The highest BCUT2D eigenvalue weighted by Gasteiger charge is 2.27. The number of nitrogen functional groups attached to an aromatic ring is 1. The van der Waals surface area contributed by atoms with E-state index in [1.165, 1.54) is 17.3 Å². The van der Waals surface area contributed by atoms with E-state index in [9.17, 15) is 9.59 Å². The van der Waals surface area contributed by atoms with Gasteiger partial charge in [0.25, 0.3) is 5.91 Å². The summed E-state index contributed by atoms with van der Waals surface area (Å²) in [5.41, 5.74) is 9.30. The van der Waals surface area contributed by atoms with Crippen LogP contribution in [0.3, 0.4) is 0 Å². The van der Waals surface area contributed by atoms with Gasteiger partial charge in [-0.25, -0.2) is 14.8 Å². The predicted octanol–water partition coefficient (Wildman–Crippen LogP) is 1.22. The topological polar surface area (TPSA) is 187 Å². The molecule has 14 heteroatoms. The Morgan fingerprint density at radius 3 is 2.81 bits per heavy atom. The summed E-state index contributed by atoms with van der Waals surface area (Å²) >= 11 is 0. The van der Waals surface area contributed by atoms with Crippen molar-refractivity contribution < 1.29 is 24.1 Å². The van der Waals surface area contributed by atoms with Crippen molar-refractivity contribution in [3.63, 3.8) is 0 Å². The number of aromatic nitrogens is 5. The van der Waals surface area contributed by atoms with Crippen LogP contribution in [0.25, 0.3) is 5.82 Å². The third kappa shape index (κ3) is 5.83. The van der Waals surface area contributed by atoms with Gasteiger partial charge >= 0.3 is 5.97 Å². The van der Waals surface area contributed by atoms with Crippen LogP contribution < -0.4 is 15.9 Å². The fourth-order valence-electron chi connectivity index (χ4n) is 4.09. The average molecular weight is 498 g/mol. The summed E-state index contributed by atoms with van der Waals surface area (Å²) in [6.07, 6.45) is 7.04. The van der Waals surface area contributed by atoms with E-state index in [2.05, 4.69) is 36.1 Å². The van der Waals surface area contributed by atoms with Gasteiger partial charge in [-0.05, 0) is 42.3 Å². The summed E-state index contributed by atoms with van der Waals surface area (Å²) in [6, 6.07) is 7.08. The first-order chi connectivity index (χ1) is 17.4. The van der Waals surface area contributed by atoms with Gasteiger partial charge < -0.3 is 15.6 Å². The molecule has 3 aromatic rings. The van der Waals surface area contributed by atoms with Crippen molar-refractivity contribution in [1.29, 1.82) is 0 Å². The fourth-order valence-corrected chi connectivity index (χ4v) is 4.09. The lowest BCUT2D eigenvalue weighted by molar-refractivity contribution is -0.139. The molecule has 1 aromatic carbocycles. The minimum absolute atomic E-state index is 0.0180. The van der Waals surface area contributed by atoms with Crippen LogP contribution in [0.1, 0.15) is 53.8 Å². The summed E-state index contributed by atoms with van der Waals surface area (Å²) < 4.78 is 11.3. The van der Waals surface area contributed by atoms with Crippen molar-refractivity contribution in [1.82, 2.24) is 35.6 Å². The fraction of sp³-hybridized carbons (Fsp3) is 0.409. The van der Waals surface area contributed by atoms with Gasteiger partial charge in [0.05, 0.1) is 11.9 Å². The monoisotopic (exact) mass is 497 g/mol. The van der Waals surface area contributed by atoms with Gasteiger partial charge in [0.15, 0.2) is 12.3 Å². The van der Waals surface area contributed by atoms with Crippen LogP contribution in [0.5, 0.6) is 5.75 Å². The number of aliphatic carboxylic acids is 1. The lowest BCUT2D eigenvalue weighted by atomic mass is 9.94. The predicted molar refractivity (Wildman–Crippen MR) is 127 cm³/mol. The van der Waals surface area contributed by atoms with Gasteiger partial charge in [0, 0.05) is 18.2 Å². The van der Waals surface area contributed by atoms with Crippen LogP contribution in [0.2, 0.25) is 0 Å². The highest BCUT2D eigenvalue weighted by atomic mass is 16.6. The van der Waals surface area contributed by atoms with Crippen molar-refractivity contribution in [3.05, 3.63) is 41.2 Å². The highest BCUT2D eigenvalue weighted by molar-refractivity contribution is 5.94. The molecule has 4 N–H and O–H groups in total. The number of carbonyl (C=O) groups is 2. The van der Waals surface area contributed by atoms with E-state index < -0.39 is 18.5 Å². The smallest absolute Gasteiger partial charge is 0.341 e. The summed E-state index contributed by atoms with van der Waals surface area (Å²) in [5.74, 6) is -1.23. The minimum atomic E-state index is -1.10. The maximum Gasteiger partial charge on any atom is 0.341 e. The Bertz CT molecular complexity index is 1230. The van der Waals surface area contributed by atoms with Gasteiger partial charge in [-0.2, -0.15) is 9.78 Å². The maximum atomic E-state index is 13.0. The number of hydrazone groups is 1. The zero-order chi connectivity index (χ0) is 25.5. The lowest BCUT2D eigenvalue weighted by Crippen LogP contribution is -2.34. The Balaban J connectivity index is 1.54. The second-order valence-electron chi connectivity index (χ2n) is 8.40. The summed E-state index contributed by atoms with van der Waals surface area (Å²) in [5, 5.41) is 28.3. The number of amides is 1. The minimum Gasteiger partial charge on any atom is -0.481 e. The second kappa shape index (κ2) is 11.4. The first kappa shape index (κ1) is 24.8. The maximum absolute atomic E-state index is 13.0. The van der Waals surface area contributed by atoms with Crippen LogP contribution in [0.4, 0.5) is 5.82 Å². The molecule has 1 aliphatic carbocycles. The Kier molecular flexibility index (Phi) is 7.85. The number of hydrogen-bond acceptors (Lipinski definition) is 11. The molecule has 0 aliphatic heterocycles. The number of nitrogens with one attached hydrogen (secondary N) is 1. The Hall–Kier alpha value is -4.33. The average Bonchev–Trinajstić information content (AvgIpc) is 3.49. The molecule has 0 saturated heterocycles. The number of carboxylic acids is 1. The van der Waals surface area contributed by atoms with E-state index in [1.54, 1.807) is 24.3 Å². The van der Waals surface area contributed by atoms with E-state index in [4.69, 9.17) is 20.2 Å². The number of para-hydroxylation sites is 1. The molecule has 0 radical (unpaired) electrons. The molecule has 1 aliphatic rings. The molecule has 0 spiro atoms. The molecule has 4 rings (SSSR count). The number of ether oxygens (including phenoxy) is 1. The molecule has 2 aromatic heterocycles. The van der Waals surface area contributed by atoms with Gasteiger partial charge in [0.1, 0.15) is 5.75 Å².